The SMILES string of the molecule is O=C1OCC/C=C/CC/C=C/C(=N\OCC(=O)N2CCCCC2)Cc2c(Cl)ccc(OP(=O)(O)O)c21. The molecule has 2 N–H and O–H groups in total. The van der Waals surface area contributed by atoms with Crippen molar-refractivity contribution in [1.29, 1.82) is 0 Å². The molecule has 0 aromatic heterocycles. The van der Waals surface area contributed by atoms with E-state index in [1.54, 1.807) is 11.0 Å². The van der Waals surface area contributed by atoms with Crippen LogP contribution in [0.15, 0.2) is 41.6 Å². The minimum absolute atomic E-state index is 0.0358. The fourth-order valence-electron chi connectivity index (χ4n) is 3.85. The van der Waals surface area contributed by atoms with E-state index in [2.05, 4.69) is 5.16 Å². The van der Waals surface area contributed by atoms with Crippen LogP contribution in [0.25, 0.3) is 0 Å². The number of amides is 1. The highest BCUT2D eigenvalue weighted by Crippen LogP contribution is 2.41. The molecule has 196 valence electrons. The summed E-state index contributed by atoms with van der Waals surface area (Å²) in [6.45, 7) is 1.22. The Balaban J connectivity index is 1.91. The van der Waals surface area contributed by atoms with E-state index in [9.17, 15) is 23.9 Å². The van der Waals surface area contributed by atoms with Gasteiger partial charge >= 0.3 is 13.8 Å². The molecule has 0 aliphatic carbocycles. The molecule has 0 unspecified atom stereocenters. The summed E-state index contributed by atoms with van der Waals surface area (Å²) in [6, 6.07) is 2.57. The van der Waals surface area contributed by atoms with Gasteiger partial charge in [0.05, 0.1) is 12.3 Å². The Morgan fingerprint density at radius 1 is 1.11 bits per heavy atom. The summed E-state index contributed by atoms with van der Waals surface area (Å²) in [4.78, 5) is 51.1. The summed E-state index contributed by atoms with van der Waals surface area (Å²) >= 11 is 6.40. The van der Waals surface area contributed by atoms with Crippen LogP contribution in [-0.4, -0.2) is 58.6 Å². The predicted molar refractivity (Wildman–Crippen MR) is 134 cm³/mol. The van der Waals surface area contributed by atoms with E-state index in [-0.39, 0.29) is 47.4 Å². The van der Waals surface area contributed by atoms with Gasteiger partial charge in [0.25, 0.3) is 5.91 Å². The monoisotopic (exact) mass is 540 g/mol. The van der Waals surface area contributed by atoms with Gasteiger partial charge in [0.1, 0.15) is 11.3 Å². The highest BCUT2D eigenvalue weighted by atomic mass is 35.5. The third kappa shape index (κ3) is 8.78. The van der Waals surface area contributed by atoms with Gasteiger partial charge in [-0.05, 0) is 62.3 Å². The number of hydrogen-bond donors (Lipinski definition) is 2. The lowest BCUT2D eigenvalue weighted by Crippen LogP contribution is -2.37. The van der Waals surface area contributed by atoms with Gasteiger partial charge in [-0.3, -0.25) is 14.6 Å². The van der Waals surface area contributed by atoms with Crippen LogP contribution in [0.3, 0.4) is 0 Å². The summed E-state index contributed by atoms with van der Waals surface area (Å²) in [5.74, 6) is -1.36. The standard InChI is InChI=1S/C24H30ClN2O8P/c25-20-11-12-21(35-36(30,31)32)23-19(20)16-18(10-6-3-1-2-4-9-15-33-24(23)29)26-34-17-22(28)27-13-7-5-8-14-27/h2,4,6,10-12H,1,3,5,7-9,13-17H2,(H2,30,31,32)/b4-2+,10-6+,26-18+. The number of carbonyl (C=O) groups is 2. The number of phosphoric ester groups is 1. The van der Waals surface area contributed by atoms with Crippen molar-refractivity contribution in [1.82, 2.24) is 4.90 Å². The summed E-state index contributed by atoms with van der Waals surface area (Å²) in [7, 11) is -4.98. The van der Waals surface area contributed by atoms with Gasteiger partial charge < -0.3 is 19.0 Å². The Kier molecular flexibility index (Phi) is 10.6. The second-order valence-electron chi connectivity index (χ2n) is 8.33. The number of likely N-dealkylation sites (tertiary alicyclic amines) is 1. The number of esters is 1. The number of allylic oxidation sites excluding steroid dienone is 3. The van der Waals surface area contributed by atoms with Crippen LogP contribution >= 0.6 is 19.4 Å². The average Bonchev–Trinajstić information content (AvgIpc) is 2.83. The van der Waals surface area contributed by atoms with Crippen molar-refractivity contribution in [2.75, 3.05) is 26.3 Å². The topological polar surface area (TPSA) is 135 Å². The largest absolute Gasteiger partial charge is 0.524 e. The van der Waals surface area contributed by atoms with Crippen molar-refractivity contribution in [2.24, 2.45) is 5.16 Å². The fourth-order valence-corrected chi connectivity index (χ4v) is 4.48. The lowest BCUT2D eigenvalue weighted by atomic mass is 10.00. The number of oxime groups is 1. The summed E-state index contributed by atoms with van der Waals surface area (Å²) in [5.41, 5.74) is 0.346. The second kappa shape index (κ2) is 13.6. The molecule has 12 heteroatoms. The number of nitrogens with zero attached hydrogens (tertiary/aromatic N) is 2. The Labute approximate surface area is 214 Å². The van der Waals surface area contributed by atoms with Gasteiger partial charge in [-0.1, -0.05) is 35.0 Å². The fraction of sp³-hybridized carbons (Fsp3) is 0.458. The number of halogens is 1. The van der Waals surface area contributed by atoms with Crippen molar-refractivity contribution < 1.29 is 38.0 Å². The summed E-state index contributed by atoms with van der Waals surface area (Å²) in [5, 5.41) is 4.27. The third-order valence-corrected chi connectivity index (χ3v) is 6.36. The number of benzene rings is 1. The number of ether oxygens (including phenoxy) is 1. The smallest absolute Gasteiger partial charge is 0.462 e. The van der Waals surface area contributed by atoms with Crippen LogP contribution in [-0.2, 0) is 25.4 Å². The van der Waals surface area contributed by atoms with E-state index in [4.69, 9.17) is 25.7 Å². The molecule has 2 aliphatic rings. The molecule has 1 aromatic carbocycles. The van der Waals surface area contributed by atoms with Crippen molar-refractivity contribution in [3.05, 3.63) is 52.6 Å². The van der Waals surface area contributed by atoms with E-state index >= 15 is 0 Å². The van der Waals surface area contributed by atoms with Gasteiger partial charge in [-0.15, -0.1) is 0 Å². The van der Waals surface area contributed by atoms with E-state index < -0.39 is 13.8 Å². The zero-order valence-electron chi connectivity index (χ0n) is 19.8. The highest BCUT2D eigenvalue weighted by molar-refractivity contribution is 7.46. The first kappa shape index (κ1) is 27.9. The number of rotatable bonds is 5. The third-order valence-electron chi connectivity index (χ3n) is 5.57. The lowest BCUT2D eigenvalue weighted by molar-refractivity contribution is -0.137. The van der Waals surface area contributed by atoms with Crippen molar-refractivity contribution >= 4 is 37.0 Å². The maximum Gasteiger partial charge on any atom is 0.524 e. The molecule has 2 aliphatic heterocycles. The molecule has 3 rings (SSSR count). The molecule has 0 spiro atoms. The van der Waals surface area contributed by atoms with Gasteiger partial charge in [-0.25, -0.2) is 9.36 Å². The van der Waals surface area contributed by atoms with E-state index in [0.29, 0.717) is 31.6 Å². The number of piperidine rings is 1. The summed E-state index contributed by atoms with van der Waals surface area (Å²) in [6.07, 6.45) is 12.4. The van der Waals surface area contributed by atoms with E-state index in [1.807, 2.05) is 18.2 Å². The highest BCUT2D eigenvalue weighted by Gasteiger charge is 2.27. The van der Waals surface area contributed by atoms with Crippen LogP contribution in [0.4, 0.5) is 0 Å². The first-order chi connectivity index (χ1) is 17.2. The van der Waals surface area contributed by atoms with Crippen molar-refractivity contribution in [3.8, 4) is 5.75 Å². The Bertz CT molecular complexity index is 1080. The zero-order valence-corrected chi connectivity index (χ0v) is 21.5. The Hall–Kier alpha value is -2.65. The number of cyclic esters (lactones) is 1. The molecule has 2 heterocycles. The van der Waals surface area contributed by atoms with Gasteiger partial charge in [0.15, 0.2) is 6.61 Å². The molecule has 0 bridgehead atoms. The van der Waals surface area contributed by atoms with Gasteiger partial charge in [0, 0.05) is 24.5 Å². The minimum Gasteiger partial charge on any atom is -0.462 e. The van der Waals surface area contributed by atoms with Crippen molar-refractivity contribution in [2.45, 2.75) is 44.9 Å². The zero-order chi connectivity index (χ0) is 26.0. The molecular formula is C24H30ClN2O8P. The quantitative estimate of drug-likeness (QED) is 0.246. The van der Waals surface area contributed by atoms with Gasteiger partial charge in [0.2, 0.25) is 0 Å². The maximum atomic E-state index is 12.9. The predicted octanol–water partition coefficient (Wildman–Crippen LogP) is 4.19. The van der Waals surface area contributed by atoms with Crippen molar-refractivity contribution in [3.63, 3.8) is 0 Å². The molecule has 1 amide bonds. The summed E-state index contributed by atoms with van der Waals surface area (Å²) < 4.78 is 21.6. The van der Waals surface area contributed by atoms with Crippen LogP contribution < -0.4 is 4.52 Å². The Morgan fingerprint density at radius 3 is 2.58 bits per heavy atom. The first-order valence-electron chi connectivity index (χ1n) is 11.8. The maximum absolute atomic E-state index is 12.9. The number of carbonyl (C=O) groups excluding carboxylic acids is 2. The molecule has 1 saturated heterocycles. The Morgan fingerprint density at radius 2 is 1.83 bits per heavy atom. The molecule has 0 radical (unpaired) electrons. The first-order valence-corrected chi connectivity index (χ1v) is 13.7. The number of fused-ring (bicyclic) bond motifs is 1. The lowest BCUT2D eigenvalue weighted by Gasteiger charge is -2.26. The van der Waals surface area contributed by atoms with Crippen LogP contribution in [0.5, 0.6) is 5.75 Å². The average molecular weight is 541 g/mol. The second-order valence-corrected chi connectivity index (χ2v) is 9.90. The molecule has 0 atom stereocenters. The van der Waals surface area contributed by atoms with E-state index in [1.165, 1.54) is 12.1 Å². The molecule has 36 heavy (non-hydrogen) atoms. The molecular weight excluding hydrogens is 511 g/mol. The molecule has 1 fully saturated rings. The van der Waals surface area contributed by atoms with Crippen LogP contribution in [0.2, 0.25) is 5.02 Å². The molecule has 1 aromatic rings. The molecule has 0 saturated carbocycles. The van der Waals surface area contributed by atoms with Crippen LogP contribution in [0.1, 0.15) is 54.4 Å². The molecule has 10 nitrogen and oxygen atoms in total. The number of hydrogen-bond acceptors (Lipinski definition) is 7. The van der Waals surface area contributed by atoms with Crippen LogP contribution in [0, 0.1) is 0 Å². The minimum atomic E-state index is -4.98. The number of phosphoric acid groups is 1. The van der Waals surface area contributed by atoms with Gasteiger partial charge in [-0.2, -0.15) is 0 Å². The normalized spacial score (nSPS) is 20.6. The van der Waals surface area contributed by atoms with E-state index in [0.717, 1.165) is 25.7 Å².